The van der Waals surface area contributed by atoms with Crippen molar-refractivity contribution >= 4 is 35.8 Å². The summed E-state index contributed by atoms with van der Waals surface area (Å²) in [6, 6.07) is 7.57. The molecule has 1 amide bonds. The summed E-state index contributed by atoms with van der Waals surface area (Å²) >= 11 is 0. The predicted molar refractivity (Wildman–Crippen MR) is 125 cm³/mol. The van der Waals surface area contributed by atoms with Crippen molar-refractivity contribution in [1.29, 1.82) is 0 Å². The second-order valence-corrected chi connectivity index (χ2v) is 7.73. The van der Waals surface area contributed by atoms with Crippen molar-refractivity contribution in [3.63, 3.8) is 0 Å². The molecule has 8 heteroatoms. The first-order valence-electron chi connectivity index (χ1n) is 10.3. The number of amides is 1. The third-order valence-corrected chi connectivity index (χ3v) is 5.51. The summed E-state index contributed by atoms with van der Waals surface area (Å²) < 4.78 is 13.9. The van der Waals surface area contributed by atoms with Crippen LogP contribution in [0.15, 0.2) is 29.3 Å². The number of carbonyl (C=O) groups excluding carboxylic acids is 1. The molecule has 0 bridgehead atoms. The molecule has 1 aromatic carbocycles. The molecule has 162 valence electrons. The quantitative estimate of drug-likeness (QED) is 0.296. The Morgan fingerprint density at radius 3 is 2.62 bits per heavy atom. The second kappa shape index (κ2) is 11.7. The zero-order chi connectivity index (χ0) is 19.9. The van der Waals surface area contributed by atoms with Crippen molar-refractivity contribution in [2.45, 2.75) is 50.6 Å². The number of benzene rings is 1. The van der Waals surface area contributed by atoms with Crippen molar-refractivity contribution in [2.75, 3.05) is 33.2 Å². The van der Waals surface area contributed by atoms with E-state index >= 15 is 0 Å². The third-order valence-electron chi connectivity index (χ3n) is 5.51. The highest BCUT2D eigenvalue weighted by molar-refractivity contribution is 14.0. The maximum absolute atomic E-state index is 13.9. The van der Waals surface area contributed by atoms with Gasteiger partial charge in [0, 0.05) is 44.7 Å². The molecule has 3 rings (SSSR count). The van der Waals surface area contributed by atoms with Gasteiger partial charge in [-0.15, -0.1) is 24.0 Å². The Balaban J connectivity index is 0.00000300. The van der Waals surface area contributed by atoms with Crippen LogP contribution in [-0.4, -0.2) is 62.1 Å². The summed E-state index contributed by atoms with van der Waals surface area (Å²) in [6.07, 6.45) is 3.84. The van der Waals surface area contributed by atoms with E-state index in [4.69, 9.17) is 0 Å². The summed E-state index contributed by atoms with van der Waals surface area (Å²) in [6.45, 7) is 5.07. The molecular formula is C21H33FIN5O. The van der Waals surface area contributed by atoms with Gasteiger partial charge in [0.05, 0.1) is 6.54 Å². The Kier molecular flexibility index (Phi) is 9.61. The first-order valence-corrected chi connectivity index (χ1v) is 10.3. The second-order valence-electron chi connectivity index (χ2n) is 7.73. The zero-order valence-corrected chi connectivity index (χ0v) is 19.6. The van der Waals surface area contributed by atoms with Gasteiger partial charge in [0.1, 0.15) is 5.82 Å². The van der Waals surface area contributed by atoms with Gasteiger partial charge in [-0.3, -0.25) is 14.7 Å². The zero-order valence-electron chi connectivity index (χ0n) is 17.3. The molecule has 2 fully saturated rings. The first kappa shape index (κ1) is 23.9. The molecule has 0 aromatic heterocycles. The predicted octanol–water partition coefficient (Wildman–Crippen LogP) is 2.46. The monoisotopic (exact) mass is 517 g/mol. The fourth-order valence-electron chi connectivity index (χ4n) is 3.77. The third kappa shape index (κ3) is 7.09. The lowest BCUT2D eigenvalue weighted by Gasteiger charge is -2.32. The Morgan fingerprint density at radius 1 is 1.24 bits per heavy atom. The average Bonchev–Trinajstić information content (AvgIpc) is 3.46. The number of nitrogens with one attached hydrogen (secondary N) is 3. The van der Waals surface area contributed by atoms with Crippen LogP contribution in [0.3, 0.4) is 0 Å². The van der Waals surface area contributed by atoms with Gasteiger partial charge in [0.2, 0.25) is 5.91 Å². The number of hydrogen-bond acceptors (Lipinski definition) is 3. The van der Waals surface area contributed by atoms with Crippen LogP contribution in [0.1, 0.15) is 44.1 Å². The molecule has 0 radical (unpaired) electrons. The standard InChI is InChI=1S/C21H32FN5O.HI/c1-3-10-24-20(28)14-27-11-8-15(9-12-27)25-21(23-2)26-19-13-17(19)16-6-4-5-7-18(16)22;/h4-7,15,17,19H,3,8-14H2,1-2H3,(H,24,28)(H2,23,25,26);1H. The number of guanidine groups is 1. The number of halogens is 2. The van der Waals surface area contributed by atoms with E-state index in [0.29, 0.717) is 12.6 Å². The van der Waals surface area contributed by atoms with E-state index in [-0.39, 0.29) is 47.7 Å². The molecule has 1 aromatic rings. The van der Waals surface area contributed by atoms with Crippen molar-refractivity contribution in [3.8, 4) is 0 Å². The van der Waals surface area contributed by atoms with Crippen molar-refractivity contribution in [3.05, 3.63) is 35.6 Å². The lowest BCUT2D eigenvalue weighted by molar-refractivity contribution is -0.122. The average molecular weight is 517 g/mol. The lowest BCUT2D eigenvalue weighted by Crippen LogP contribution is -2.50. The fourth-order valence-corrected chi connectivity index (χ4v) is 3.77. The maximum atomic E-state index is 13.9. The van der Waals surface area contributed by atoms with Crippen LogP contribution in [0.4, 0.5) is 4.39 Å². The van der Waals surface area contributed by atoms with Gasteiger partial charge in [0.25, 0.3) is 0 Å². The number of piperidine rings is 1. The number of nitrogens with zero attached hydrogens (tertiary/aromatic N) is 2. The molecule has 2 atom stereocenters. The van der Waals surface area contributed by atoms with Gasteiger partial charge >= 0.3 is 0 Å². The number of rotatable bonds is 7. The highest BCUT2D eigenvalue weighted by Crippen LogP contribution is 2.41. The Morgan fingerprint density at radius 2 is 1.97 bits per heavy atom. The van der Waals surface area contributed by atoms with Crippen LogP contribution in [0.25, 0.3) is 0 Å². The smallest absolute Gasteiger partial charge is 0.234 e. The van der Waals surface area contributed by atoms with Gasteiger partial charge in [0.15, 0.2) is 5.96 Å². The summed E-state index contributed by atoms with van der Waals surface area (Å²) in [7, 11) is 1.77. The van der Waals surface area contributed by atoms with Crippen LogP contribution < -0.4 is 16.0 Å². The molecule has 2 aliphatic rings. The van der Waals surface area contributed by atoms with Crippen molar-refractivity contribution in [1.82, 2.24) is 20.9 Å². The Hall–Kier alpha value is -1.42. The molecule has 6 nitrogen and oxygen atoms in total. The van der Waals surface area contributed by atoms with E-state index in [2.05, 4.69) is 32.8 Å². The molecule has 1 saturated carbocycles. The largest absolute Gasteiger partial charge is 0.355 e. The molecule has 1 saturated heterocycles. The summed E-state index contributed by atoms with van der Waals surface area (Å²) in [5.74, 6) is 0.972. The molecule has 0 spiro atoms. The fraction of sp³-hybridized carbons (Fsp3) is 0.619. The van der Waals surface area contributed by atoms with Crippen LogP contribution in [0.2, 0.25) is 0 Å². The van der Waals surface area contributed by atoms with E-state index < -0.39 is 0 Å². The minimum atomic E-state index is -0.130. The summed E-state index contributed by atoms with van der Waals surface area (Å²) in [4.78, 5) is 18.4. The topological polar surface area (TPSA) is 68.8 Å². The van der Waals surface area contributed by atoms with Gasteiger partial charge in [-0.2, -0.15) is 0 Å². The first-order chi connectivity index (χ1) is 13.6. The number of hydrogen-bond donors (Lipinski definition) is 3. The van der Waals surface area contributed by atoms with Gasteiger partial charge in [-0.1, -0.05) is 25.1 Å². The highest BCUT2D eigenvalue weighted by atomic mass is 127. The van der Waals surface area contributed by atoms with E-state index in [9.17, 15) is 9.18 Å². The summed E-state index contributed by atoms with van der Waals surface area (Å²) in [5.41, 5.74) is 0.783. The van der Waals surface area contributed by atoms with E-state index in [1.54, 1.807) is 13.1 Å². The minimum Gasteiger partial charge on any atom is -0.355 e. The van der Waals surface area contributed by atoms with Crippen molar-refractivity contribution in [2.24, 2.45) is 4.99 Å². The highest BCUT2D eigenvalue weighted by Gasteiger charge is 2.40. The number of likely N-dealkylation sites (tertiary alicyclic amines) is 1. The van der Waals surface area contributed by atoms with Crippen molar-refractivity contribution < 1.29 is 9.18 Å². The van der Waals surface area contributed by atoms with Gasteiger partial charge in [-0.05, 0) is 37.3 Å². The SMILES string of the molecule is CCCNC(=O)CN1CCC(NC(=NC)NC2CC2c2ccccc2F)CC1.I. The van der Waals surface area contributed by atoms with Crippen LogP contribution in [-0.2, 0) is 4.79 Å². The number of carbonyl (C=O) groups is 1. The van der Waals surface area contributed by atoms with E-state index in [1.165, 1.54) is 6.07 Å². The molecule has 2 unspecified atom stereocenters. The van der Waals surface area contributed by atoms with Gasteiger partial charge < -0.3 is 16.0 Å². The maximum Gasteiger partial charge on any atom is 0.234 e. The molecular weight excluding hydrogens is 484 g/mol. The Labute approximate surface area is 190 Å². The van der Waals surface area contributed by atoms with E-state index in [1.807, 2.05) is 12.1 Å². The van der Waals surface area contributed by atoms with Crippen LogP contribution in [0.5, 0.6) is 0 Å². The lowest BCUT2D eigenvalue weighted by atomic mass is 10.1. The number of aliphatic imine (C=N–C) groups is 1. The molecule has 1 aliphatic carbocycles. The summed E-state index contributed by atoms with van der Waals surface area (Å²) in [5, 5.41) is 9.84. The molecule has 1 heterocycles. The molecule has 1 aliphatic heterocycles. The van der Waals surface area contributed by atoms with Crippen LogP contribution in [0, 0.1) is 5.82 Å². The van der Waals surface area contributed by atoms with E-state index in [0.717, 1.165) is 56.8 Å². The van der Waals surface area contributed by atoms with Crippen LogP contribution >= 0.6 is 24.0 Å². The molecule has 3 N–H and O–H groups in total. The molecule has 29 heavy (non-hydrogen) atoms. The minimum absolute atomic E-state index is 0. The Bertz CT molecular complexity index is 693. The normalized spacial score (nSPS) is 22.5. The van der Waals surface area contributed by atoms with Gasteiger partial charge in [-0.25, -0.2) is 4.39 Å².